The third-order valence-electron chi connectivity index (χ3n) is 9.88. The third-order valence-corrected chi connectivity index (χ3v) is 9.88. The minimum absolute atomic E-state index is 0.117. The lowest BCUT2D eigenvalue weighted by atomic mass is 9.45. The summed E-state index contributed by atoms with van der Waals surface area (Å²) in [4.78, 5) is 11.5. The van der Waals surface area contributed by atoms with Crippen molar-refractivity contribution in [1.82, 2.24) is 0 Å². The van der Waals surface area contributed by atoms with Crippen LogP contribution in [0.1, 0.15) is 84.1 Å². The van der Waals surface area contributed by atoms with E-state index >= 15 is 0 Å². The number of carbonyl (C=O) groups is 1. The molecule has 0 N–H and O–H groups in total. The highest BCUT2D eigenvalue weighted by Crippen LogP contribution is 2.65. The van der Waals surface area contributed by atoms with Gasteiger partial charge in [0.25, 0.3) is 0 Å². The van der Waals surface area contributed by atoms with Gasteiger partial charge in [0, 0.05) is 18.1 Å². The molecule has 0 saturated heterocycles. The molecule has 0 spiro atoms. The Hall–Kier alpha value is -1.97. The molecule has 0 bridgehead atoms. The number of carbonyl (C=O) groups excluding carboxylic acids is 1. The Kier molecular flexibility index (Phi) is 5.75. The van der Waals surface area contributed by atoms with Crippen molar-refractivity contribution in [3.63, 3.8) is 0 Å². The lowest BCUT2D eigenvalue weighted by molar-refractivity contribution is -0.158. The van der Waals surface area contributed by atoms with Gasteiger partial charge in [-0.05, 0) is 92.4 Å². The fourth-order valence-electron chi connectivity index (χ4n) is 8.22. The number of benzene rings is 1. The van der Waals surface area contributed by atoms with Crippen LogP contribution in [0.3, 0.4) is 0 Å². The molecule has 1 aromatic carbocycles. The molecule has 4 aliphatic rings. The monoisotopic (exact) mass is 434 g/mol. The molecule has 4 saturated carbocycles. The number of esters is 1. The van der Waals surface area contributed by atoms with Gasteiger partial charge in [-0.3, -0.25) is 4.79 Å². The predicted molar refractivity (Wildman–Crippen MR) is 129 cm³/mol. The summed E-state index contributed by atoms with van der Waals surface area (Å²) < 4.78 is 5.62. The summed E-state index contributed by atoms with van der Waals surface area (Å²) >= 11 is 0. The van der Waals surface area contributed by atoms with E-state index in [9.17, 15) is 4.79 Å². The molecule has 32 heavy (non-hydrogen) atoms. The Morgan fingerprint density at radius 1 is 1.03 bits per heavy atom. The maximum atomic E-state index is 11.5. The van der Waals surface area contributed by atoms with E-state index in [1.807, 2.05) is 24.4 Å². The molecule has 0 amide bonds. The Morgan fingerprint density at radius 3 is 2.62 bits per heavy atom. The first-order valence-corrected chi connectivity index (χ1v) is 12.7. The molecule has 0 aliphatic heterocycles. The van der Waals surface area contributed by atoms with Crippen molar-refractivity contribution in [2.75, 3.05) is 0 Å². The van der Waals surface area contributed by atoms with Crippen LogP contribution < -0.4 is 0 Å². The van der Waals surface area contributed by atoms with Crippen LogP contribution >= 0.6 is 0 Å². The summed E-state index contributed by atoms with van der Waals surface area (Å²) in [5.41, 5.74) is 3.06. The summed E-state index contributed by atoms with van der Waals surface area (Å²) in [7, 11) is 0. The molecule has 0 radical (unpaired) electrons. The Bertz CT molecular complexity index is 909. The van der Waals surface area contributed by atoms with E-state index in [0.717, 1.165) is 42.6 Å². The molecule has 0 unspecified atom stereocenters. The van der Waals surface area contributed by atoms with Gasteiger partial charge in [0.2, 0.25) is 0 Å². The van der Waals surface area contributed by atoms with Gasteiger partial charge in [-0.15, -0.1) is 0 Å². The number of ether oxygens (including phenoxy) is 1. The van der Waals surface area contributed by atoms with Gasteiger partial charge >= 0.3 is 5.97 Å². The van der Waals surface area contributed by atoms with Gasteiger partial charge in [-0.25, -0.2) is 0 Å². The fraction of sp³-hybridized carbons (Fsp3) is 0.679. The van der Waals surface area contributed by atoms with E-state index < -0.39 is 0 Å². The second kappa shape index (κ2) is 8.43. The first kappa shape index (κ1) is 21.9. The topological polar surface area (TPSA) is 51.0 Å². The van der Waals surface area contributed by atoms with Gasteiger partial charge in [0.15, 0.2) is 0 Å². The number of nitrogens with zero attached hydrogens (tertiary/aromatic N) is 2. The summed E-state index contributed by atoms with van der Waals surface area (Å²) in [6, 6.07) is 10.3. The minimum atomic E-state index is -0.117. The van der Waals surface area contributed by atoms with Crippen LogP contribution in [0.2, 0.25) is 0 Å². The van der Waals surface area contributed by atoms with Crippen molar-refractivity contribution in [1.29, 1.82) is 0 Å². The first-order chi connectivity index (χ1) is 15.4. The minimum Gasteiger partial charge on any atom is -0.463 e. The van der Waals surface area contributed by atoms with Crippen molar-refractivity contribution in [2.24, 2.45) is 44.7 Å². The van der Waals surface area contributed by atoms with E-state index in [1.165, 1.54) is 44.2 Å². The highest BCUT2D eigenvalue weighted by Gasteiger charge is 2.59. The summed E-state index contributed by atoms with van der Waals surface area (Å²) in [5.74, 6) is 2.95. The molecule has 172 valence electrons. The Morgan fingerprint density at radius 2 is 1.84 bits per heavy atom. The van der Waals surface area contributed by atoms with E-state index in [-0.39, 0.29) is 17.5 Å². The molecule has 4 aliphatic carbocycles. The average molecular weight is 435 g/mol. The molecule has 7 atom stereocenters. The van der Waals surface area contributed by atoms with Crippen LogP contribution in [0.15, 0.2) is 40.5 Å². The standard InChI is InChI=1S/C28H38N2O2/c1-19(31)32-22-13-15-27(2)21(17-22)9-10-23-24-11-12-26(28(24,3)16-14-25(23)27)30-29-18-20-7-5-4-6-8-20/h4-8,18,21-25H,9-17H2,1-3H3/b29-18+,30-26-/t21-,22-,23-,24-,25-,27-,28-/m0/s1. The van der Waals surface area contributed by atoms with Crippen molar-refractivity contribution >= 4 is 17.9 Å². The summed E-state index contributed by atoms with van der Waals surface area (Å²) in [6.45, 7) is 6.59. The first-order valence-electron chi connectivity index (χ1n) is 12.7. The molecule has 4 nitrogen and oxygen atoms in total. The highest BCUT2D eigenvalue weighted by molar-refractivity contribution is 5.93. The van der Waals surface area contributed by atoms with E-state index in [2.05, 4.69) is 31.1 Å². The van der Waals surface area contributed by atoms with Gasteiger partial charge in [0.1, 0.15) is 6.10 Å². The molecule has 0 aromatic heterocycles. The van der Waals surface area contributed by atoms with Crippen LogP contribution in [0.4, 0.5) is 0 Å². The molecular weight excluding hydrogens is 396 g/mol. The summed E-state index contributed by atoms with van der Waals surface area (Å²) in [5, 5.41) is 9.28. The van der Waals surface area contributed by atoms with E-state index in [1.54, 1.807) is 6.92 Å². The van der Waals surface area contributed by atoms with Gasteiger partial charge in [0.05, 0.1) is 6.21 Å². The van der Waals surface area contributed by atoms with Crippen molar-refractivity contribution in [3.05, 3.63) is 35.9 Å². The quantitative estimate of drug-likeness (QED) is 0.312. The van der Waals surface area contributed by atoms with Crippen molar-refractivity contribution in [3.8, 4) is 0 Å². The molecular formula is C28H38N2O2. The maximum Gasteiger partial charge on any atom is 0.302 e. The number of hydrogen-bond acceptors (Lipinski definition) is 4. The van der Waals surface area contributed by atoms with E-state index in [4.69, 9.17) is 9.84 Å². The van der Waals surface area contributed by atoms with Gasteiger partial charge in [-0.2, -0.15) is 10.2 Å². The van der Waals surface area contributed by atoms with E-state index in [0.29, 0.717) is 11.3 Å². The van der Waals surface area contributed by atoms with Crippen LogP contribution in [0.5, 0.6) is 0 Å². The van der Waals surface area contributed by atoms with Crippen LogP contribution in [-0.2, 0) is 9.53 Å². The predicted octanol–water partition coefficient (Wildman–Crippen LogP) is 6.44. The number of rotatable bonds is 3. The lowest BCUT2D eigenvalue weighted by Gasteiger charge is -2.60. The van der Waals surface area contributed by atoms with Crippen LogP contribution in [0.25, 0.3) is 0 Å². The van der Waals surface area contributed by atoms with Crippen LogP contribution in [0, 0.1) is 34.5 Å². The smallest absolute Gasteiger partial charge is 0.302 e. The molecule has 0 heterocycles. The largest absolute Gasteiger partial charge is 0.463 e. The molecule has 4 fully saturated rings. The third kappa shape index (κ3) is 3.74. The zero-order valence-electron chi connectivity index (χ0n) is 19.9. The highest BCUT2D eigenvalue weighted by atomic mass is 16.5. The van der Waals surface area contributed by atoms with Crippen molar-refractivity contribution in [2.45, 2.75) is 84.7 Å². The Balaban J connectivity index is 1.31. The zero-order valence-corrected chi connectivity index (χ0v) is 19.9. The van der Waals surface area contributed by atoms with Gasteiger partial charge in [-0.1, -0.05) is 44.2 Å². The Labute approximate surface area is 192 Å². The SMILES string of the molecule is CC(=O)O[C@H]1CC[C@@]2(C)[C@@H](CC[C@@H]3[C@@H]2CC[C@]2(C)/C(=N\N=C\c4ccccc4)CC[C@@H]32)C1. The number of hydrogen-bond donors (Lipinski definition) is 0. The fourth-order valence-corrected chi connectivity index (χ4v) is 8.22. The zero-order chi connectivity index (χ0) is 22.3. The summed E-state index contributed by atoms with van der Waals surface area (Å²) in [6.07, 6.45) is 12.9. The number of fused-ring (bicyclic) bond motifs is 5. The lowest BCUT2D eigenvalue weighted by Crippen LogP contribution is -2.54. The normalized spacial score (nSPS) is 42.3. The molecule has 5 rings (SSSR count). The molecule has 4 heteroatoms. The second-order valence-electron chi connectivity index (χ2n) is 11.4. The second-order valence-corrected chi connectivity index (χ2v) is 11.4. The molecule has 1 aromatic rings. The maximum absolute atomic E-state index is 11.5. The van der Waals surface area contributed by atoms with Gasteiger partial charge < -0.3 is 4.74 Å². The van der Waals surface area contributed by atoms with Crippen LogP contribution in [-0.4, -0.2) is 24.0 Å². The van der Waals surface area contributed by atoms with Crippen molar-refractivity contribution < 1.29 is 9.53 Å². The average Bonchev–Trinajstić information content (AvgIpc) is 3.11.